The number of hydrogen-bond donors (Lipinski definition) is 2. The minimum absolute atomic E-state index is 0.0432. The smallest absolute Gasteiger partial charge is 0.312 e. The first-order valence-electron chi connectivity index (χ1n) is 8.50. The van der Waals surface area contributed by atoms with E-state index < -0.39 is 10.7 Å². The number of anilines is 3. The van der Waals surface area contributed by atoms with Gasteiger partial charge in [-0.1, -0.05) is 0 Å². The molecule has 1 fully saturated rings. The highest BCUT2D eigenvalue weighted by molar-refractivity contribution is 5.64. The number of methoxy groups -OCH3 is 1. The molecule has 1 aliphatic heterocycles. The van der Waals surface area contributed by atoms with E-state index in [9.17, 15) is 14.5 Å². The first-order chi connectivity index (χ1) is 12.9. The Balaban J connectivity index is 1.87. The standard InChI is InChI=1S/C17H21FN6O3/c1-10-8-23(9-11(2)20-10)17-19-7-13(18)16(22-17)21-12-4-5-15(27-3)14(6-12)24(25)26/h4-7,10-11,20H,8-9H2,1-3H3,(H,19,21,22)/t10-,11+. The lowest BCUT2D eigenvalue weighted by Gasteiger charge is -2.36. The summed E-state index contributed by atoms with van der Waals surface area (Å²) in [5, 5.41) is 17.4. The highest BCUT2D eigenvalue weighted by Gasteiger charge is 2.24. The van der Waals surface area contributed by atoms with Crippen molar-refractivity contribution in [2.75, 3.05) is 30.4 Å². The number of halogens is 1. The number of piperazine rings is 1. The summed E-state index contributed by atoms with van der Waals surface area (Å²) in [5.41, 5.74) is 0.107. The predicted molar refractivity (Wildman–Crippen MR) is 99.2 cm³/mol. The second kappa shape index (κ2) is 7.70. The lowest BCUT2D eigenvalue weighted by atomic mass is 10.1. The van der Waals surface area contributed by atoms with Gasteiger partial charge in [-0.3, -0.25) is 10.1 Å². The molecule has 2 aromatic rings. The third-order valence-corrected chi connectivity index (χ3v) is 4.21. The van der Waals surface area contributed by atoms with Crippen LogP contribution in [-0.2, 0) is 0 Å². The molecular weight excluding hydrogens is 355 g/mol. The maximum Gasteiger partial charge on any atom is 0.312 e. The third kappa shape index (κ3) is 4.22. The molecule has 0 radical (unpaired) electrons. The average Bonchev–Trinajstić information content (AvgIpc) is 2.62. The van der Waals surface area contributed by atoms with Gasteiger partial charge in [-0.15, -0.1) is 0 Å². The van der Waals surface area contributed by atoms with Crippen molar-refractivity contribution < 1.29 is 14.1 Å². The normalized spacial score (nSPS) is 19.6. The van der Waals surface area contributed by atoms with E-state index in [2.05, 4.69) is 34.4 Å². The molecule has 10 heteroatoms. The molecule has 2 heterocycles. The van der Waals surface area contributed by atoms with Gasteiger partial charge in [-0.25, -0.2) is 9.37 Å². The number of rotatable bonds is 5. The van der Waals surface area contributed by atoms with Crippen molar-refractivity contribution in [2.45, 2.75) is 25.9 Å². The number of benzene rings is 1. The summed E-state index contributed by atoms with van der Waals surface area (Å²) >= 11 is 0. The van der Waals surface area contributed by atoms with Crippen molar-refractivity contribution >= 4 is 23.1 Å². The lowest BCUT2D eigenvalue weighted by molar-refractivity contribution is -0.385. The molecule has 3 rings (SSSR count). The lowest BCUT2D eigenvalue weighted by Crippen LogP contribution is -2.54. The van der Waals surface area contributed by atoms with Gasteiger partial charge in [-0.2, -0.15) is 4.98 Å². The average molecular weight is 376 g/mol. The maximum atomic E-state index is 14.2. The van der Waals surface area contributed by atoms with Crippen LogP contribution in [0.3, 0.4) is 0 Å². The molecule has 9 nitrogen and oxygen atoms in total. The molecule has 1 saturated heterocycles. The third-order valence-electron chi connectivity index (χ3n) is 4.21. The number of hydrogen-bond acceptors (Lipinski definition) is 8. The first kappa shape index (κ1) is 18.8. The summed E-state index contributed by atoms with van der Waals surface area (Å²) in [5.74, 6) is -0.160. The number of ether oxygens (including phenoxy) is 1. The van der Waals surface area contributed by atoms with Gasteiger partial charge in [0, 0.05) is 36.9 Å². The van der Waals surface area contributed by atoms with E-state index >= 15 is 0 Å². The number of nitro groups is 1. The second-order valence-electron chi connectivity index (χ2n) is 6.51. The second-order valence-corrected chi connectivity index (χ2v) is 6.51. The molecule has 144 valence electrons. The molecular formula is C17H21FN6O3. The largest absolute Gasteiger partial charge is 0.490 e. The molecule has 1 aromatic heterocycles. The minimum atomic E-state index is -0.645. The maximum absolute atomic E-state index is 14.2. The number of nitrogens with zero attached hydrogens (tertiary/aromatic N) is 4. The highest BCUT2D eigenvalue weighted by Crippen LogP contribution is 2.31. The Bertz CT molecular complexity index is 839. The SMILES string of the molecule is COc1ccc(Nc2nc(N3C[C@@H](C)N[C@@H](C)C3)ncc2F)cc1[N+](=O)[O-]. The molecule has 1 aliphatic rings. The van der Waals surface area contributed by atoms with E-state index in [0.717, 1.165) is 6.20 Å². The van der Waals surface area contributed by atoms with Crippen molar-refractivity contribution in [2.24, 2.45) is 0 Å². The van der Waals surface area contributed by atoms with Crippen molar-refractivity contribution in [3.63, 3.8) is 0 Å². The summed E-state index contributed by atoms with van der Waals surface area (Å²) in [4.78, 5) is 20.9. The Morgan fingerprint density at radius 2 is 2.07 bits per heavy atom. The Labute approximate surface area is 155 Å². The first-order valence-corrected chi connectivity index (χ1v) is 8.50. The van der Waals surface area contributed by atoms with E-state index in [4.69, 9.17) is 4.74 Å². The van der Waals surface area contributed by atoms with Gasteiger partial charge in [-0.05, 0) is 26.0 Å². The zero-order chi connectivity index (χ0) is 19.6. The monoisotopic (exact) mass is 376 g/mol. The molecule has 0 amide bonds. The summed E-state index contributed by atoms with van der Waals surface area (Å²) < 4.78 is 19.2. The van der Waals surface area contributed by atoms with E-state index in [-0.39, 0.29) is 29.3 Å². The van der Waals surface area contributed by atoms with E-state index in [1.165, 1.54) is 19.2 Å². The van der Waals surface area contributed by atoms with Crippen LogP contribution in [0.5, 0.6) is 5.75 Å². The fourth-order valence-corrected chi connectivity index (χ4v) is 3.14. The molecule has 27 heavy (non-hydrogen) atoms. The zero-order valence-corrected chi connectivity index (χ0v) is 15.3. The fraction of sp³-hybridized carbons (Fsp3) is 0.412. The number of aromatic nitrogens is 2. The topological polar surface area (TPSA) is 105 Å². The Kier molecular flexibility index (Phi) is 5.36. The molecule has 0 aliphatic carbocycles. The van der Waals surface area contributed by atoms with Gasteiger partial charge in [0.05, 0.1) is 18.2 Å². The van der Waals surface area contributed by atoms with E-state index in [0.29, 0.717) is 24.7 Å². The Hall–Kier alpha value is -3.01. The molecule has 0 bridgehead atoms. The van der Waals surface area contributed by atoms with Gasteiger partial charge in [0.25, 0.3) is 0 Å². The molecule has 0 unspecified atom stereocenters. The molecule has 1 aromatic carbocycles. The van der Waals surface area contributed by atoms with Crippen LogP contribution in [0, 0.1) is 15.9 Å². The molecule has 0 saturated carbocycles. The minimum Gasteiger partial charge on any atom is -0.490 e. The van der Waals surface area contributed by atoms with Crippen LogP contribution in [-0.4, -0.2) is 47.2 Å². The van der Waals surface area contributed by atoms with Gasteiger partial charge < -0.3 is 20.3 Å². The molecule has 2 atom stereocenters. The van der Waals surface area contributed by atoms with Crippen molar-refractivity contribution in [3.8, 4) is 5.75 Å². The molecule has 2 N–H and O–H groups in total. The molecule has 0 spiro atoms. The van der Waals surface area contributed by atoms with Crippen LogP contribution in [0.1, 0.15) is 13.8 Å². The number of nitro benzene ring substituents is 1. The van der Waals surface area contributed by atoms with Crippen LogP contribution in [0.25, 0.3) is 0 Å². The Morgan fingerprint density at radius 3 is 2.70 bits per heavy atom. The van der Waals surface area contributed by atoms with Gasteiger partial charge in [0.2, 0.25) is 5.95 Å². The van der Waals surface area contributed by atoms with Gasteiger partial charge in [0.1, 0.15) is 0 Å². The number of nitrogens with one attached hydrogen (secondary N) is 2. The van der Waals surface area contributed by atoms with Crippen LogP contribution >= 0.6 is 0 Å². The Morgan fingerprint density at radius 1 is 1.37 bits per heavy atom. The predicted octanol–water partition coefficient (Wildman–Crippen LogP) is 2.46. The van der Waals surface area contributed by atoms with Crippen LogP contribution in [0.15, 0.2) is 24.4 Å². The fourth-order valence-electron chi connectivity index (χ4n) is 3.14. The van der Waals surface area contributed by atoms with Gasteiger partial charge in [0.15, 0.2) is 17.4 Å². The van der Waals surface area contributed by atoms with Crippen molar-refractivity contribution in [1.82, 2.24) is 15.3 Å². The van der Waals surface area contributed by atoms with Crippen LogP contribution in [0.2, 0.25) is 0 Å². The summed E-state index contributed by atoms with van der Waals surface area (Å²) in [7, 11) is 1.35. The van der Waals surface area contributed by atoms with Crippen LogP contribution in [0.4, 0.5) is 27.5 Å². The highest BCUT2D eigenvalue weighted by atomic mass is 19.1. The van der Waals surface area contributed by atoms with Crippen molar-refractivity contribution in [1.29, 1.82) is 0 Å². The summed E-state index contributed by atoms with van der Waals surface area (Å²) in [6, 6.07) is 4.78. The zero-order valence-electron chi connectivity index (χ0n) is 15.3. The summed E-state index contributed by atoms with van der Waals surface area (Å²) in [6.45, 7) is 5.51. The van der Waals surface area contributed by atoms with Crippen LogP contribution < -0.4 is 20.3 Å². The van der Waals surface area contributed by atoms with Gasteiger partial charge >= 0.3 is 5.69 Å². The summed E-state index contributed by atoms with van der Waals surface area (Å²) in [6.07, 6.45) is 1.10. The quantitative estimate of drug-likeness (QED) is 0.606. The van der Waals surface area contributed by atoms with Crippen molar-refractivity contribution in [3.05, 3.63) is 40.3 Å². The van der Waals surface area contributed by atoms with E-state index in [1.54, 1.807) is 6.07 Å². The van der Waals surface area contributed by atoms with E-state index in [1.807, 2.05) is 4.90 Å².